The molecule has 0 aliphatic heterocycles. The van der Waals surface area contributed by atoms with Gasteiger partial charge in [-0.15, -0.1) is 0 Å². The topological polar surface area (TPSA) is 87.3 Å². The van der Waals surface area contributed by atoms with E-state index in [1.165, 1.54) is 19.1 Å². The van der Waals surface area contributed by atoms with Gasteiger partial charge in [0.05, 0.1) is 0 Å². The van der Waals surface area contributed by atoms with Crippen LogP contribution < -0.4 is 16.0 Å². The van der Waals surface area contributed by atoms with Gasteiger partial charge in [0, 0.05) is 35.8 Å². The van der Waals surface area contributed by atoms with E-state index < -0.39 is 5.82 Å². The van der Waals surface area contributed by atoms with Gasteiger partial charge in [-0.05, 0) is 62.1 Å². The average Bonchev–Trinajstić information content (AvgIpc) is 2.68. The maximum atomic E-state index is 13.2. The minimum Gasteiger partial charge on any atom is -0.326 e. The molecule has 0 bridgehead atoms. The second-order valence-corrected chi connectivity index (χ2v) is 7.30. The Balaban J connectivity index is 1.50. The molecule has 3 N–H and O–H groups in total. The van der Waals surface area contributed by atoms with E-state index in [4.69, 9.17) is 0 Å². The van der Waals surface area contributed by atoms with Gasteiger partial charge >= 0.3 is 0 Å². The minimum atomic E-state index is -0.397. The van der Waals surface area contributed by atoms with Crippen molar-refractivity contribution in [2.24, 2.45) is 11.8 Å². The Kier molecular flexibility index (Phi) is 6.59. The Labute approximate surface area is 168 Å². The smallest absolute Gasteiger partial charge is 0.227 e. The van der Waals surface area contributed by atoms with Crippen molar-refractivity contribution < 1.29 is 18.8 Å². The monoisotopic (exact) mass is 397 g/mol. The van der Waals surface area contributed by atoms with E-state index in [2.05, 4.69) is 16.0 Å². The van der Waals surface area contributed by atoms with E-state index in [1.54, 1.807) is 36.4 Å². The summed E-state index contributed by atoms with van der Waals surface area (Å²) >= 11 is 0. The van der Waals surface area contributed by atoms with Gasteiger partial charge in [-0.25, -0.2) is 4.39 Å². The number of hydrogen-bond acceptors (Lipinski definition) is 3. The predicted molar refractivity (Wildman–Crippen MR) is 110 cm³/mol. The molecule has 0 radical (unpaired) electrons. The van der Waals surface area contributed by atoms with Crippen molar-refractivity contribution in [3.05, 3.63) is 54.3 Å². The number of hydrogen-bond donors (Lipinski definition) is 3. The molecule has 1 aliphatic carbocycles. The van der Waals surface area contributed by atoms with Crippen molar-refractivity contribution in [1.82, 2.24) is 0 Å². The van der Waals surface area contributed by atoms with Gasteiger partial charge in [0.1, 0.15) is 5.82 Å². The molecule has 0 aromatic heterocycles. The van der Waals surface area contributed by atoms with Gasteiger partial charge in [-0.1, -0.05) is 12.1 Å². The van der Waals surface area contributed by atoms with E-state index in [9.17, 15) is 18.8 Å². The summed E-state index contributed by atoms with van der Waals surface area (Å²) in [5, 5.41) is 8.31. The molecule has 0 heterocycles. The van der Waals surface area contributed by atoms with Crippen molar-refractivity contribution in [2.75, 3.05) is 16.0 Å². The van der Waals surface area contributed by atoms with Gasteiger partial charge < -0.3 is 16.0 Å². The summed E-state index contributed by atoms with van der Waals surface area (Å²) in [4.78, 5) is 36.1. The van der Waals surface area contributed by atoms with Crippen LogP contribution in [0.25, 0.3) is 0 Å². The zero-order chi connectivity index (χ0) is 20.8. The highest BCUT2D eigenvalue weighted by Gasteiger charge is 2.30. The highest BCUT2D eigenvalue weighted by atomic mass is 19.1. The first kappa shape index (κ1) is 20.5. The molecule has 152 valence electrons. The number of carbonyl (C=O) groups excluding carboxylic acids is 3. The Morgan fingerprint density at radius 1 is 0.759 bits per heavy atom. The van der Waals surface area contributed by atoms with Crippen LogP contribution in [-0.4, -0.2) is 17.7 Å². The van der Waals surface area contributed by atoms with Crippen molar-refractivity contribution in [3.8, 4) is 0 Å². The lowest BCUT2D eigenvalue weighted by Crippen LogP contribution is -2.32. The summed E-state index contributed by atoms with van der Waals surface area (Å²) in [5.74, 6) is -1.16. The third-order valence-corrected chi connectivity index (χ3v) is 5.01. The maximum absolute atomic E-state index is 13.2. The molecule has 0 saturated heterocycles. The van der Waals surface area contributed by atoms with Crippen molar-refractivity contribution >= 4 is 34.8 Å². The normalized spacial score (nSPS) is 18.6. The SMILES string of the molecule is CC(=O)Nc1cccc(NC(=O)C2CCC(C(=O)Nc3cccc(F)c3)CC2)c1. The summed E-state index contributed by atoms with van der Waals surface area (Å²) in [7, 11) is 0. The van der Waals surface area contributed by atoms with Crippen LogP contribution >= 0.6 is 0 Å². The van der Waals surface area contributed by atoms with Gasteiger partial charge in [-0.3, -0.25) is 14.4 Å². The van der Waals surface area contributed by atoms with E-state index in [-0.39, 0.29) is 29.6 Å². The van der Waals surface area contributed by atoms with Crippen LogP contribution in [0.5, 0.6) is 0 Å². The van der Waals surface area contributed by atoms with E-state index in [0.717, 1.165) is 0 Å². The minimum absolute atomic E-state index is 0.0889. The molecule has 2 aromatic carbocycles. The Bertz CT molecular complexity index is 908. The Hall–Kier alpha value is -3.22. The molecule has 1 fully saturated rings. The highest BCUT2D eigenvalue weighted by Crippen LogP contribution is 2.31. The molecule has 0 atom stereocenters. The molecule has 1 saturated carbocycles. The number of amides is 3. The molecule has 3 amide bonds. The lowest BCUT2D eigenvalue weighted by molar-refractivity contribution is -0.125. The summed E-state index contributed by atoms with van der Waals surface area (Å²) in [5.41, 5.74) is 1.68. The number of halogens is 1. The van der Waals surface area contributed by atoms with E-state index in [1.807, 2.05) is 0 Å². The first-order valence-electron chi connectivity index (χ1n) is 9.65. The number of nitrogens with one attached hydrogen (secondary N) is 3. The second-order valence-electron chi connectivity index (χ2n) is 7.30. The third-order valence-electron chi connectivity index (χ3n) is 5.01. The van der Waals surface area contributed by atoms with Gasteiger partial charge in [0.25, 0.3) is 0 Å². The van der Waals surface area contributed by atoms with Crippen LogP contribution in [-0.2, 0) is 14.4 Å². The van der Waals surface area contributed by atoms with Crippen LogP contribution in [0, 0.1) is 17.7 Å². The third kappa shape index (κ3) is 5.88. The lowest BCUT2D eigenvalue weighted by Gasteiger charge is -2.27. The summed E-state index contributed by atoms with van der Waals surface area (Å²) < 4.78 is 13.2. The zero-order valence-electron chi connectivity index (χ0n) is 16.2. The molecule has 6 nitrogen and oxygen atoms in total. The van der Waals surface area contributed by atoms with Crippen LogP contribution in [0.4, 0.5) is 21.5 Å². The van der Waals surface area contributed by atoms with Crippen LogP contribution in [0.15, 0.2) is 48.5 Å². The van der Waals surface area contributed by atoms with E-state index >= 15 is 0 Å². The molecule has 7 heteroatoms. The predicted octanol–water partition coefficient (Wildman–Crippen LogP) is 4.17. The number of benzene rings is 2. The summed E-state index contributed by atoms with van der Waals surface area (Å²) in [6.07, 6.45) is 2.42. The van der Waals surface area contributed by atoms with Crippen LogP contribution in [0.1, 0.15) is 32.6 Å². The second kappa shape index (κ2) is 9.32. The average molecular weight is 397 g/mol. The number of anilines is 3. The quantitative estimate of drug-likeness (QED) is 0.708. The van der Waals surface area contributed by atoms with E-state index in [0.29, 0.717) is 42.7 Å². The Morgan fingerprint density at radius 2 is 1.21 bits per heavy atom. The molecular formula is C22H24FN3O3. The first-order valence-corrected chi connectivity index (χ1v) is 9.65. The maximum Gasteiger partial charge on any atom is 0.227 e. The van der Waals surface area contributed by atoms with Crippen molar-refractivity contribution in [3.63, 3.8) is 0 Å². The molecule has 29 heavy (non-hydrogen) atoms. The van der Waals surface area contributed by atoms with Crippen molar-refractivity contribution in [2.45, 2.75) is 32.6 Å². The largest absolute Gasteiger partial charge is 0.326 e. The lowest BCUT2D eigenvalue weighted by atomic mass is 9.81. The molecule has 1 aliphatic rings. The molecule has 0 unspecified atom stereocenters. The van der Waals surface area contributed by atoms with Crippen molar-refractivity contribution in [1.29, 1.82) is 0 Å². The first-order chi connectivity index (χ1) is 13.9. The fraction of sp³-hybridized carbons (Fsp3) is 0.318. The Morgan fingerprint density at radius 3 is 1.69 bits per heavy atom. The fourth-order valence-electron chi connectivity index (χ4n) is 3.55. The van der Waals surface area contributed by atoms with Gasteiger partial charge in [-0.2, -0.15) is 0 Å². The standard InChI is InChI=1S/C22H24FN3O3/c1-14(27)24-19-6-3-7-20(13-19)26-22(29)16-10-8-15(9-11-16)21(28)25-18-5-2-4-17(23)12-18/h2-7,12-13,15-16H,8-11H2,1H3,(H,24,27)(H,25,28)(H,26,29). The van der Waals surface area contributed by atoms with Gasteiger partial charge in [0.15, 0.2) is 0 Å². The zero-order valence-corrected chi connectivity index (χ0v) is 16.2. The summed E-state index contributed by atoms with van der Waals surface area (Å²) in [6.45, 7) is 1.42. The highest BCUT2D eigenvalue weighted by molar-refractivity contribution is 5.95. The number of carbonyl (C=O) groups is 3. The summed E-state index contributed by atoms with van der Waals surface area (Å²) in [6, 6.07) is 12.8. The fourth-order valence-corrected chi connectivity index (χ4v) is 3.55. The molecular weight excluding hydrogens is 373 g/mol. The van der Waals surface area contributed by atoms with Crippen LogP contribution in [0.2, 0.25) is 0 Å². The molecule has 0 spiro atoms. The van der Waals surface area contributed by atoms with Crippen LogP contribution in [0.3, 0.4) is 0 Å². The van der Waals surface area contributed by atoms with Gasteiger partial charge in [0.2, 0.25) is 17.7 Å². The molecule has 2 aromatic rings. The molecule has 3 rings (SSSR count). The number of rotatable bonds is 5.